The first-order valence-corrected chi connectivity index (χ1v) is 11.6. The number of fused-ring (bicyclic) bond motifs is 1. The fraction of sp³-hybridized carbons (Fsp3) is 0.292. The molecule has 4 rings (SSSR count). The number of aromatic amines is 1. The highest BCUT2D eigenvalue weighted by atomic mass is 35.5. The Morgan fingerprint density at radius 1 is 1.03 bits per heavy atom. The minimum Gasteiger partial charge on any atom is -0.486 e. The van der Waals surface area contributed by atoms with Crippen molar-refractivity contribution >= 4 is 34.3 Å². The number of pyridine rings is 1. The van der Waals surface area contributed by atoms with E-state index in [-0.39, 0.29) is 5.43 Å². The first-order valence-electron chi connectivity index (χ1n) is 10.3. The molecule has 0 bridgehead atoms. The van der Waals surface area contributed by atoms with Gasteiger partial charge in [-0.05, 0) is 68.1 Å². The van der Waals surface area contributed by atoms with E-state index >= 15 is 0 Å². The van der Waals surface area contributed by atoms with Crippen LogP contribution in [0.3, 0.4) is 0 Å². The second-order valence-electron chi connectivity index (χ2n) is 8.07. The summed E-state index contributed by atoms with van der Waals surface area (Å²) in [6.45, 7) is 8.23. The molecule has 2 aromatic carbocycles. The Hall–Kier alpha value is -2.77. The van der Waals surface area contributed by atoms with Gasteiger partial charge in [0.2, 0.25) is 0 Å². The van der Waals surface area contributed by atoms with Crippen LogP contribution in [0.5, 0.6) is 5.75 Å². The Kier molecular flexibility index (Phi) is 6.31. The molecule has 0 aliphatic rings. The van der Waals surface area contributed by atoms with E-state index in [0.29, 0.717) is 12.4 Å². The number of thioether (sulfide) groups is 1. The Bertz CT molecular complexity index is 1350. The molecule has 1 N–H and O–H groups in total. The lowest BCUT2D eigenvalue weighted by molar-refractivity contribution is 0.290. The van der Waals surface area contributed by atoms with Crippen molar-refractivity contribution < 1.29 is 4.74 Å². The molecule has 0 saturated heterocycles. The average molecular weight is 469 g/mol. The second-order valence-corrected chi connectivity index (χ2v) is 9.39. The minimum atomic E-state index is 0.0294. The molecule has 2 heterocycles. The van der Waals surface area contributed by atoms with Gasteiger partial charge in [-0.2, -0.15) is 0 Å². The molecule has 0 radical (unpaired) electrons. The fourth-order valence-electron chi connectivity index (χ4n) is 3.71. The molecule has 0 spiro atoms. The molecule has 0 saturated carbocycles. The molecule has 32 heavy (non-hydrogen) atoms. The van der Waals surface area contributed by atoms with E-state index in [0.717, 1.165) is 60.6 Å². The zero-order valence-electron chi connectivity index (χ0n) is 18.7. The topological polar surface area (TPSA) is 72.8 Å². The summed E-state index contributed by atoms with van der Waals surface area (Å²) in [5.41, 5.74) is 5.87. The molecule has 0 amide bonds. The zero-order chi connectivity index (χ0) is 23.0. The number of benzene rings is 2. The van der Waals surface area contributed by atoms with Crippen LogP contribution in [0.15, 0.2) is 40.3 Å². The first-order chi connectivity index (χ1) is 15.2. The van der Waals surface area contributed by atoms with Gasteiger partial charge in [0.25, 0.3) is 0 Å². The summed E-state index contributed by atoms with van der Waals surface area (Å²) in [6, 6.07) is 9.51. The molecule has 0 aliphatic heterocycles. The number of ether oxygens (including phenoxy) is 1. The molecular formula is C24H25ClN4O2S. The van der Waals surface area contributed by atoms with Gasteiger partial charge in [0.05, 0.1) is 5.52 Å². The first kappa shape index (κ1) is 22.4. The lowest BCUT2D eigenvalue weighted by Gasteiger charge is -2.10. The number of hydrogen-bond donors (Lipinski definition) is 1. The SMILES string of the molecule is Cc1cc(C)c2[nH]c(CSc3nnc(COc4cc(C)c(Cl)c(C)c4)n3C)cc(=O)c2c1. The summed E-state index contributed by atoms with van der Waals surface area (Å²) in [5, 5.41) is 10.8. The monoisotopic (exact) mass is 468 g/mol. The maximum absolute atomic E-state index is 12.6. The molecule has 166 valence electrons. The molecule has 8 heteroatoms. The van der Waals surface area contributed by atoms with Gasteiger partial charge in [0, 0.05) is 35.0 Å². The third-order valence-corrected chi connectivity index (χ3v) is 7.06. The van der Waals surface area contributed by atoms with Crippen LogP contribution in [-0.2, 0) is 19.4 Å². The van der Waals surface area contributed by atoms with Gasteiger partial charge in [-0.25, -0.2) is 0 Å². The predicted molar refractivity (Wildman–Crippen MR) is 130 cm³/mol. The van der Waals surface area contributed by atoms with E-state index in [1.165, 1.54) is 11.8 Å². The highest BCUT2D eigenvalue weighted by Crippen LogP contribution is 2.27. The molecular weight excluding hydrogens is 444 g/mol. The van der Waals surface area contributed by atoms with Crippen LogP contribution in [0.25, 0.3) is 10.9 Å². The average Bonchev–Trinajstić information content (AvgIpc) is 3.09. The van der Waals surface area contributed by atoms with Crippen molar-refractivity contribution in [3.63, 3.8) is 0 Å². The highest BCUT2D eigenvalue weighted by molar-refractivity contribution is 7.98. The number of nitrogens with zero attached hydrogens (tertiary/aromatic N) is 3. The van der Waals surface area contributed by atoms with Crippen LogP contribution >= 0.6 is 23.4 Å². The van der Waals surface area contributed by atoms with Gasteiger partial charge in [-0.15, -0.1) is 10.2 Å². The number of H-pyrrole nitrogens is 1. The van der Waals surface area contributed by atoms with Gasteiger partial charge in [-0.1, -0.05) is 29.4 Å². The normalized spacial score (nSPS) is 11.3. The van der Waals surface area contributed by atoms with Crippen molar-refractivity contribution in [2.24, 2.45) is 7.05 Å². The lowest BCUT2D eigenvalue weighted by Crippen LogP contribution is -2.07. The van der Waals surface area contributed by atoms with E-state index in [2.05, 4.69) is 21.2 Å². The summed E-state index contributed by atoms with van der Waals surface area (Å²) >= 11 is 7.75. The van der Waals surface area contributed by atoms with Gasteiger partial charge < -0.3 is 14.3 Å². The van der Waals surface area contributed by atoms with E-state index in [1.807, 2.05) is 57.5 Å². The number of aryl methyl sites for hydroxylation is 4. The maximum Gasteiger partial charge on any atom is 0.191 e. The third-order valence-electron chi connectivity index (χ3n) is 5.40. The molecule has 0 unspecified atom stereocenters. The number of rotatable bonds is 6. The highest BCUT2D eigenvalue weighted by Gasteiger charge is 2.12. The summed E-state index contributed by atoms with van der Waals surface area (Å²) in [7, 11) is 1.91. The summed E-state index contributed by atoms with van der Waals surface area (Å²) in [5.74, 6) is 2.05. The van der Waals surface area contributed by atoms with Gasteiger partial charge >= 0.3 is 0 Å². The Balaban J connectivity index is 1.47. The largest absolute Gasteiger partial charge is 0.486 e. The number of nitrogens with one attached hydrogen (secondary N) is 1. The van der Waals surface area contributed by atoms with E-state index in [9.17, 15) is 4.79 Å². The summed E-state index contributed by atoms with van der Waals surface area (Å²) in [4.78, 5) is 16.0. The number of hydrogen-bond acceptors (Lipinski definition) is 5. The van der Waals surface area contributed by atoms with Crippen molar-refractivity contribution in [3.05, 3.63) is 79.3 Å². The predicted octanol–water partition coefficient (Wildman–Crippen LogP) is 5.41. The van der Waals surface area contributed by atoms with Crippen molar-refractivity contribution in [3.8, 4) is 5.75 Å². The van der Waals surface area contributed by atoms with Crippen LogP contribution < -0.4 is 10.2 Å². The smallest absolute Gasteiger partial charge is 0.191 e. The van der Waals surface area contributed by atoms with Gasteiger partial charge in [0.1, 0.15) is 12.4 Å². The van der Waals surface area contributed by atoms with Crippen molar-refractivity contribution in [2.45, 2.75) is 45.2 Å². The molecule has 6 nitrogen and oxygen atoms in total. The van der Waals surface area contributed by atoms with Crippen LogP contribution in [0.2, 0.25) is 5.02 Å². The second kappa shape index (κ2) is 9.00. The van der Waals surface area contributed by atoms with Crippen LogP contribution in [0.1, 0.15) is 33.8 Å². The summed E-state index contributed by atoms with van der Waals surface area (Å²) in [6.07, 6.45) is 0. The zero-order valence-corrected chi connectivity index (χ0v) is 20.3. The van der Waals surface area contributed by atoms with Crippen LogP contribution in [0, 0.1) is 27.7 Å². The molecule has 2 aromatic heterocycles. The van der Waals surface area contributed by atoms with Gasteiger partial charge in [-0.3, -0.25) is 4.79 Å². The number of halogens is 1. The van der Waals surface area contributed by atoms with Crippen molar-refractivity contribution in [1.82, 2.24) is 19.7 Å². The van der Waals surface area contributed by atoms with Crippen molar-refractivity contribution in [2.75, 3.05) is 0 Å². The molecule has 0 atom stereocenters. The van der Waals surface area contributed by atoms with E-state index in [1.54, 1.807) is 6.07 Å². The molecule has 0 aliphatic carbocycles. The Morgan fingerprint density at radius 2 is 1.75 bits per heavy atom. The molecule has 4 aromatic rings. The Morgan fingerprint density at radius 3 is 2.47 bits per heavy atom. The fourth-order valence-corrected chi connectivity index (χ4v) is 4.66. The molecule has 0 fully saturated rings. The van der Waals surface area contributed by atoms with Crippen LogP contribution in [-0.4, -0.2) is 19.7 Å². The van der Waals surface area contributed by atoms with E-state index in [4.69, 9.17) is 16.3 Å². The van der Waals surface area contributed by atoms with Crippen molar-refractivity contribution in [1.29, 1.82) is 0 Å². The maximum atomic E-state index is 12.6. The number of aromatic nitrogens is 4. The van der Waals surface area contributed by atoms with E-state index < -0.39 is 0 Å². The summed E-state index contributed by atoms with van der Waals surface area (Å²) < 4.78 is 7.82. The van der Waals surface area contributed by atoms with Gasteiger partial charge in [0.15, 0.2) is 16.4 Å². The standard InChI is InChI=1S/C24H25ClN4O2S/c1-13-6-16(4)23-19(7-13)20(30)10-17(26-23)12-32-24-28-27-21(29(24)5)11-31-18-8-14(2)22(25)15(3)9-18/h6-10H,11-12H2,1-5H3,(H,26,30). The Labute approximate surface area is 196 Å². The minimum absolute atomic E-state index is 0.0294. The van der Waals surface area contributed by atoms with Crippen LogP contribution in [0.4, 0.5) is 0 Å². The lowest BCUT2D eigenvalue weighted by atomic mass is 10.1. The quantitative estimate of drug-likeness (QED) is 0.383. The third kappa shape index (κ3) is 4.54.